The number of benzene rings is 2. The lowest BCUT2D eigenvalue weighted by Crippen LogP contribution is -1.96. The summed E-state index contributed by atoms with van der Waals surface area (Å²) in [6.45, 7) is 6.86. The Bertz CT molecular complexity index is 532. The first-order valence-corrected chi connectivity index (χ1v) is 6.78. The molecule has 0 radical (unpaired) electrons. The molecule has 0 bridgehead atoms. The Balaban J connectivity index is 0.00000220. The van der Waals surface area contributed by atoms with Gasteiger partial charge < -0.3 is 9.47 Å². The fourth-order valence-electron chi connectivity index (χ4n) is 1.86. The molecule has 0 spiro atoms. The third kappa shape index (κ3) is 6.01. The number of aryl methyl sites for hydroxylation is 1. The fourth-order valence-corrected chi connectivity index (χ4v) is 1.86. The van der Waals surface area contributed by atoms with Gasteiger partial charge in [-0.2, -0.15) is 9.90 Å². The highest BCUT2D eigenvalue weighted by Crippen LogP contribution is 2.15. The Hall–Kier alpha value is -1.79. The summed E-state index contributed by atoms with van der Waals surface area (Å²) in [4.78, 5) is 0. The molecule has 0 aromatic heterocycles. The van der Waals surface area contributed by atoms with Crippen molar-refractivity contribution in [3.05, 3.63) is 78.1 Å². The van der Waals surface area contributed by atoms with Crippen LogP contribution in [0, 0.1) is 6.92 Å². The van der Waals surface area contributed by atoms with Crippen molar-refractivity contribution in [2.75, 3.05) is 6.61 Å². The van der Waals surface area contributed by atoms with Crippen molar-refractivity contribution >= 4 is 9.90 Å². The second kappa shape index (κ2) is 9.20. The van der Waals surface area contributed by atoms with Crippen LogP contribution in [0.25, 0.3) is 0 Å². The topological polar surface area (TPSA) is 18.5 Å². The maximum atomic E-state index is 5.77. The van der Waals surface area contributed by atoms with Crippen LogP contribution in [0.5, 0.6) is 5.75 Å². The van der Waals surface area contributed by atoms with Crippen LogP contribution in [0.1, 0.15) is 16.7 Å². The van der Waals surface area contributed by atoms with Gasteiger partial charge in [-0.1, -0.05) is 48.5 Å². The Morgan fingerprint density at radius 1 is 0.952 bits per heavy atom. The van der Waals surface area contributed by atoms with Gasteiger partial charge in [0.25, 0.3) is 0 Å². The second-order valence-corrected chi connectivity index (χ2v) is 4.71. The SMILES string of the molecule is C=COCCc1ccc(OCc2ccc(C)cc2)cc1.P. The molecular weight excluding hydrogens is 279 g/mol. The minimum Gasteiger partial charge on any atom is -0.501 e. The molecule has 2 rings (SSSR count). The van der Waals surface area contributed by atoms with Crippen LogP contribution in [0.3, 0.4) is 0 Å². The van der Waals surface area contributed by atoms with E-state index in [2.05, 4.69) is 49.9 Å². The van der Waals surface area contributed by atoms with E-state index in [4.69, 9.17) is 9.47 Å². The standard InChI is InChI=1S/C18H20O2.H3P/c1-3-19-13-12-16-8-10-18(11-9-16)20-14-17-6-4-15(2)5-7-17;/h3-11H,1,12-14H2,2H3;1H3. The molecule has 0 saturated heterocycles. The summed E-state index contributed by atoms with van der Waals surface area (Å²) >= 11 is 0. The number of rotatable bonds is 7. The second-order valence-electron chi connectivity index (χ2n) is 4.71. The van der Waals surface area contributed by atoms with Gasteiger partial charge in [0.2, 0.25) is 0 Å². The van der Waals surface area contributed by atoms with Crippen molar-refractivity contribution in [2.24, 2.45) is 0 Å². The van der Waals surface area contributed by atoms with Crippen LogP contribution in [-0.4, -0.2) is 6.61 Å². The normalized spacial score (nSPS) is 9.57. The van der Waals surface area contributed by atoms with Crippen LogP contribution in [0.15, 0.2) is 61.4 Å². The van der Waals surface area contributed by atoms with Crippen molar-refractivity contribution in [2.45, 2.75) is 20.0 Å². The van der Waals surface area contributed by atoms with Crippen molar-refractivity contribution in [1.29, 1.82) is 0 Å². The smallest absolute Gasteiger partial charge is 0.119 e. The summed E-state index contributed by atoms with van der Waals surface area (Å²) in [7, 11) is 0. The molecule has 1 unspecified atom stereocenters. The van der Waals surface area contributed by atoms with E-state index in [0.717, 1.165) is 12.2 Å². The molecule has 0 amide bonds. The lowest BCUT2D eigenvalue weighted by molar-refractivity contribution is 0.255. The van der Waals surface area contributed by atoms with Crippen molar-refractivity contribution < 1.29 is 9.47 Å². The van der Waals surface area contributed by atoms with Gasteiger partial charge >= 0.3 is 0 Å². The molecule has 112 valence electrons. The molecule has 0 aliphatic rings. The molecule has 2 nitrogen and oxygen atoms in total. The van der Waals surface area contributed by atoms with Crippen molar-refractivity contribution in [3.63, 3.8) is 0 Å². The Kier molecular flexibility index (Phi) is 7.56. The Morgan fingerprint density at radius 2 is 1.57 bits per heavy atom. The molecular formula is C18H23O2P. The van der Waals surface area contributed by atoms with Gasteiger partial charge in [0.1, 0.15) is 12.4 Å². The third-order valence-corrected chi connectivity index (χ3v) is 3.08. The van der Waals surface area contributed by atoms with Crippen LogP contribution in [-0.2, 0) is 17.8 Å². The van der Waals surface area contributed by atoms with E-state index >= 15 is 0 Å². The van der Waals surface area contributed by atoms with Crippen LogP contribution >= 0.6 is 9.90 Å². The summed E-state index contributed by atoms with van der Waals surface area (Å²) < 4.78 is 10.9. The summed E-state index contributed by atoms with van der Waals surface area (Å²) in [5, 5.41) is 0. The van der Waals surface area contributed by atoms with E-state index in [0.29, 0.717) is 13.2 Å². The highest BCUT2D eigenvalue weighted by atomic mass is 31.0. The molecule has 0 saturated carbocycles. The number of hydrogen-bond donors (Lipinski definition) is 0. The zero-order chi connectivity index (χ0) is 14.2. The van der Waals surface area contributed by atoms with E-state index in [1.54, 1.807) is 0 Å². The van der Waals surface area contributed by atoms with Gasteiger partial charge in [-0.05, 0) is 30.2 Å². The van der Waals surface area contributed by atoms with Gasteiger partial charge in [0.05, 0.1) is 12.9 Å². The molecule has 0 heterocycles. The van der Waals surface area contributed by atoms with E-state index < -0.39 is 0 Å². The van der Waals surface area contributed by atoms with Crippen LogP contribution < -0.4 is 4.74 Å². The van der Waals surface area contributed by atoms with Gasteiger partial charge in [-0.15, -0.1) is 0 Å². The van der Waals surface area contributed by atoms with Gasteiger partial charge in [0.15, 0.2) is 0 Å². The van der Waals surface area contributed by atoms with Gasteiger partial charge in [-0.25, -0.2) is 0 Å². The minimum atomic E-state index is 0. The molecule has 21 heavy (non-hydrogen) atoms. The van der Waals surface area contributed by atoms with Crippen LogP contribution in [0.4, 0.5) is 0 Å². The summed E-state index contributed by atoms with van der Waals surface area (Å²) in [6.07, 6.45) is 2.35. The summed E-state index contributed by atoms with van der Waals surface area (Å²) in [5.74, 6) is 0.888. The molecule has 0 N–H and O–H groups in total. The van der Waals surface area contributed by atoms with Gasteiger partial charge in [0, 0.05) is 6.42 Å². The third-order valence-electron chi connectivity index (χ3n) is 3.08. The number of hydrogen-bond acceptors (Lipinski definition) is 2. The van der Waals surface area contributed by atoms with E-state index in [1.807, 2.05) is 12.1 Å². The zero-order valence-corrected chi connectivity index (χ0v) is 14.0. The first-order chi connectivity index (χ1) is 9.78. The van der Waals surface area contributed by atoms with Crippen molar-refractivity contribution in [3.8, 4) is 5.75 Å². The average molecular weight is 302 g/mol. The van der Waals surface area contributed by atoms with Crippen LogP contribution in [0.2, 0.25) is 0 Å². The molecule has 3 heteroatoms. The zero-order valence-electron chi connectivity index (χ0n) is 12.5. The largest absolute Gasteiger partial charge is 0.501 e. The lowest BCUT2D eigenvalue weighted by Gasteiger charge is -2.08. The number of ether oxygens (including phenoxy) is 2. The van der Waals surface area contributed by atoms with Crippen molar-refractivity contribution in [1.82, 2.24) is 0 Å². The fraction of sp³-hybridized carbons (Fsp3) is 0.222. The van der Waals surface area contributed by atoms with E-state index in [1.165, 1.54) is 23.0 Å². The quantitative estimate of drug-likeness (QED) is 0.430. The Morgan fingerprint density at radius 3 is 2.19 bits per heavy atom. The molecule has 2 aromatic carbocycles. The first kappa shape index (κ1) is 17.3. The minimum absolute atomic E-state index is 0. The highest BCUT2D eigenvalue weighted by Gasteiger charge is 1.97. The monoisotopic (exact) mass is 302 g/mol. The summed E-state index contributed by atoms with van der Waals surface area (Å²) in [5.41, 5.74) is 3.67. The maximum absolute atomic E-state index is 5.77. The van der Waals surface area contributed by atoms with Gasteiger partial charge in [-0.3, -0.25) is 0 Å². The highest BCUT2D eigenvalue weighted by molar-refractivity contribution is 6.92. The van der Waals surface area contributed by atoms with E-state index in [9.17, 15) is 0 Å². The Labute approximate surface area is 130 Å². The molecule has 0 aliphatic heterocycles. The first-order valence-electron chi connectivity index (χ1n) is 6.78. The predicted molar refractivity (Wildman–Crippen MR) is 92.9 cm³/mol. The average Bonchev–Trinajstić information content (AvgIpc) is 2.48. The molecule has 0 fully saturated rings. The molecule has 1 atom stereocenters. The lowest BCUT2D eigenvalue weighted by atomic mass is 10.1. The molecule has 2 aromatic rings. The molecule has 0 aliphatic carbocycles. The maximum Gasteiger partial charge on any atom is 0.119 e. The van der Waals surface area contributed by atoms with E-state index in [-0.39, 0.29) is 9.90 Å². The predicted octanol–water partition coefficient (Wildman–Crippen LogP) is 4.33. The summed E-state index contributed by atoms with van der Waals surface area (Å²) in [6, 6.07) is 16.5.